The molecular formula is C13H23N3O2S. The van der Waals surface area contributed by atoms with Crippen molar-refractivity contribution < 1.29 is 9.53 Å². The number of aliphatic imine (C=N–C) groups is 1. The molecule has 0 aromatic carbocycles. The van der Waals surface area contributed by atoms with Gasteiger partial charge in [-0.15, -0.1) is 0 Å². The lowest BCUT2D eigenvalue weighted by Crippen LogP contribution is -2.48. The van der Waals surface area contributed by atoms with Gasteiger partial charge in [-0.2, -0.15) is 0 Å². The van der Waals surface area contributed by atoms with Gasteiger partial charge in [-0.1, -0.05) is 11.8 Å². The van der Waals surface area contributed by atoms with E-state index in [2.05, 4.69) is 15.6 Å². The Labute approximate surface area is 119 Å². The molecule has 2 fully saturated rings. The third kappa shape index (κ3) is 3.86. The molecule has 1 amide bonds. The van der Waals surface area contributed by atoms with Crippen LogP contribution >= 0.6 is 11.8 Å². The second-order valence-electron chi connectivity index (χ2n) is 5.58. The summed E-state index contributed by atoms with van der Waals surface area (Å²) >= 11 is 1.72. The second-order valence-corrected chi connectivity index (χ2v) is 6.54. The van der Waals surface area contributed by atoms with Gasteiger partial charge in [-0.25, -0.2) is 4.99 Å². The Kier molecular flexibility index (Phi) is 4.73. The van der Waals surface area contributed by atoms with Crippen molar-refractivity contribution in [3.05, 3.63) is 0 Å². The van der Waals surface area contributed by atoms with Crippen LogP contribution in [0.5, 0.6) is 0 Å². The summed E-state index contributed by atoms with van der Waals surface area (Å²) in [5.74, 6) is 1.01. The summed E-state index contributed by atoms with van der Waals surface area (Å²) in [4.78, 5) is 16.3. The molecule has 2 N–H and O–H groups in total. The SMILES string of the molecule is CC(C)NC(=O)C(C)N=C1NC2(CCOCC2)CS1. The molecule has 2 heterocycles. The summed E-state index contributed by atoms with van der Waals surface area (Å²) in [6.07, 6.45) is 2.04. The highest BCUT2D eigenvalue weighted by molar-refractivity contribution is 8.14. The molecule has 0 aromatic rings. The smallest absolute Gasteiger partial charge is 0.244 e. The van der Waals surface area contributed by atoms with E-state index in [1.54, 1.807) is 11.8 Å². The van der Waals surface area contributed by atoms with Crippen LogP contribution < -0.4 is 10.6 Å². The van der Waals surface area contributed by atoms with E-state index in [0.29, 0.717) is 0 Å². The van der Waals surface area contributed by atoms with Crippen molar-refractivity contribution in [2.24, 2.45) is 4.99 Å². The van der Waals surface area contributed by atoms with Gasteiger partial charge < -0.3 is 15.4 Å². The number of amidine groups is 1. The number of rotatable bonds is 3. The summed E-state index contributed by atoms with van der Waals surface area (Å²) in [6, 6.07) is -0.187. The predicted octanol–water partition coefficient (Wildman–Crippen LogP) is 1.14. The highest BCUT2D eigenvalue weighted by Crippen LogP contribution is 2.31. The van der Waals surface area contributed by atoms with E-state index in [1.807, 2.05) is 20.8 Å². The van der Waals surface area contributed by atoms with Crippen molar-refractivity contribution in [1.82, 2.24) is 10.6 Å². The number of amides is 1. The third-order valence-corrected chi connectivity index (χ3v) is 4.61. The Morgan fingerprint density at radius 3 is 2.74 bits per heavy atom. The zero-order valence-electron chi connectivity index (χ0n) is 11.9. The van der Waals surface area contributed by atoms with Crippen molar-refractivity contribution in [2.75, 3.05) is 19.0 Å². The number of hydrogen-bond acceptors (Lipinski definition) is 4. The molecule has 1 atom stereocenters. The fraction of sp³-hybridized carbons (Fsp3) is 0.846. The van der Waals surface area contributed by atoms with Gasteiger partial charge in [-0.05, 0) is 33.6 Å². The van der Waals surface area contributed by atoms with Gasteiger partial charge in [0.15, 0.2) is 5.17 Å². The Morgan fingerprint density at radius 2 is 2.11 bits per heavy atom. The normalized spacial score (nSPS) is 25.6. The molecule has 6 heteroatoms. The topological polar surface area (TPSA) is 62.7 Å². The largest absolute Gasteiger partial charge is 0.381 e. The lowest BCUT2D eigenvalue weighted by atomic mass is 9.93. The predicted molar refractivity (Wildman–Crippen MR) is 78.6 cm³/mol. The Morgan fingerprint density at radius 1 is 1.42 bits per heavy atom. The molecule has 0 aromatic heterocycles. The molecule has 1 unspecified atom stereocenters. The highest BCUT2D eigenvalue weighted by atomic mass is 32.2. The lowest BCUT2D eigenvalue weighted by Gasteiger charge is -2.32. The van der Waals surface area contributed by atoms with Gasteiger partial charge in [0.1, 0.15) is 6.04 Å². The van der Waals surface area contributed by atoms with Crippen LogP contribution in [0.3, 0.4) is 0 Å². The molecule has 0 bridgehead atoms. The number of carbonyl (C=O) groups is 1. The van der Waals surface area contributed by atoms with E-state index in [1.165, 1.54) is 0 Å². The molecule has 0 radical (unpaired) electrons. The van der Waals surface area contributed by atoms with Gasteiger partial charge in [0, 0.05) is 25.0 Å². The minimum Gasteiger partial charge on any atom is -0.381 e. The average Bonchev–Trinajstić information content (AvgIpc) is 2.72. The average molecular weight is 285 g/mol. The number of carbonyl (C=O) groups excluding carboxylic acids is 1. The molecule has 2 rings (SSSR count). The van der Waals surface area contributed by atoms with E-state index in [4.69, 9.17) is 4.74 Å². The van der Waals surface area contributed by atoms with Crippen LogP contribution in [0.1, 0.15) is 33.6 Å². The van der Waals surface area contributed by atoms with Gasteiger partial charge >= 0.3 is 0 Å². The van der Waals surface area contributed by atoms with Crippen LogP contribution in [0.25, 0.3) is 0 Å². The monoisotopic (exact) mass is 285 g/mol. The minimum absolute atomic E-state index is 0.0159. The van der Waals surface area contributed by atoms with Crippen molar-refractivity contribution in [2.45, 2.75) is 51.2 Å². The van der Waals surface area contributed by atoms with Gasteiger partial charge in [0.2, 0.25) is 5.91 Å². The van der Waals surface area contributed by atoms with Gasteiger partial charge in [-0.3, -0.25) is 4.79 Å². The Balaban J connectivity index is 1.92. The first-order chi connectivity index (χ1) is 9.01. The first kappa shape index (κ1) is 14.7. The van der Waals surface area contributed by atoms with Crippen molar-refractivity contribution in [3.8, 4) is 0 Å². The summed E-state index contributed by atoms with van der Waals surface area (Å²) in [7, 11) is 0. The summed E-state index contributed by atoms with van der Waals surface area (Å²) in [6.45, 7) is 7.37. The first-order valence-corrected chi connectivity index (χ1v) is 7.86. The Bertz CT molecular complexity index is 365. The minimum atomic E-state index is -0.340. The summed E-state index contributed by atoms with van der Waals surface area (Å²) < 4.78 is 5.40. The summed E-state index contributed by atoms with van der Waals surface area (Å²) in [5.41, 5.74) is 0.135. The van der Waals surface area contributed by atoms with Crippen molar-refractivity contribution in [3.63, 3.8) is 0 Å². The van der Waals surface area contributed by atoms with Crippen LogP contribution in [-0.4, -0.2) is 47.7 Å². The molecule has 0 saturated carbocycles. The molecular weight excluding hydrogens is 262 g/mol. The zero-order chi connectivity index (χ0) is 13.9. The van der Waals surface area contributed by atoms with E-state index >= 15 is 0 Å². The second kappa shape index (κ2) is 6.13. The molecule has 2 aliphatic heterocycles. The fourth-order valence-electron chi connectivity index (χ4n) is 2.25. The van der Waals surface area contributed by atoms with E-state index in [9.17, 15) is 4.79 Å². The van der Waals surface area contributed by atoms with E-state index in [0.717, 1.165) is 37.0 Å². The van der Waals surface area contributed by atoms with Crippen LogP contribution in [0.4, 0.5) is 0 Å². The zero-order valence-corrected chi connectivity index (χ0v) is 12.7. The molecule has 1 spiro atoms. The fourth-order valence-corrected chi connectivity index (χ4v) is 3.54. The van der Waals surface area contributed by atoms with Crippen LogP contribution in [0, 0.1) is 0 Å². The van der Waals surface area contributed by atoms with Crippen molar-refractivity contribution >= 4 is 22.8 Å². The molecule has 0 aliphatic carbocycles. The molecule has 5 nitrogen and oxygen atoms in total. The van der Waals surface area contributed by atoms with E-state index in [-0.39, 0.29) is 23.5 Å². The molecule has 108 valence electrons. The number of ether oxygens (including phenoxy) is 1. The summed E-state index contributed by atoms with van der Waals surface area (Å²) in [5, 5.41) is 7.28. The molecule has 2 aliphatic rings. The maximum atomic E-state index is 11.8. The maximum absolute atomic E-state index is 11.8. The molecule has 2 saturated heterocycles. The number of nitrogens with zero attached hydrogens (tertiary/aromatic N) is 1. The highest BCUT2D eigenvalue weighted by Gasteiger charge is 2.38. The third-order valence-electron chi connectivity index (χ3n) is 3.43. The van der Waals surface area contributed by atoms with Crippen molar-refractivity contribution in [1.29, 1.82) is 0 Å². The number of hydrogen-bond donors (Lipinski definition) is 2. The van der Waals surface area contributed by atoms with Crippen LogP contribution in [0.2, 0.25) is 0 Å². The van der Waals surface area contributed by atoms with E-state index < -0.39 is 0 Å². The quantitative estimate of drug-likeness (QED) is 0.816. The van der Waals surface area contributed by atoms with Gasteiger partial charge in [0.25, 0.3) is 0 Å². The first-order valence-electron chi connectivity index (χ1n) is 6.88. The Hall–Kier alpha value is -0.750. The number of thioether (sulfide) groups is 1. The van der Waals surface area contributed by atoms with Crippen LogP contribution in [0.15, 0.2) is 4.99 Å². The molecule has 19 heavy (non-hydrogen) atoms. The lowest BCUT2D eigenvalue weighted by molar-refractivity contribution is -0.122. The maximum Gasteiger partial charge on any atom is 0.244 e. The van der Waals surface area contributed by atoms with Crippen LogP contribution in [-0.2, 0) is 9.53 Å². The van der Waals surface area contributed by atoms with Gasteiger partial charge in [0.05, 0.1) is 5.54 Å². The number of nitrogens with one attached hydrogen (secondary N) is 2. The standard InChI is InChI=1S/C13H23N3O2S/c1-9(2)14-11(17)10(3)15-12-16-13(8-19-12)4-6-18-7-5-13/h9-10H,4-8H2,1-3H3,(H,14,17)(H,15,16).